The van der Waals surface area contributed by atoms with Gasteiger partial charge in [-0.05, 0) is 0 Å². The minimum Gasteiger partial charge on any atom is -0.508 e. The molecule has 7 heteroatoms. The number of aromatic hydroxyl groups is 2. The third kappa shape index (κ3) is 2.09. The molecule has 0 aliphatic rings. The van der Waals surface area contributed by atoms with Gasteiger partial charge in [-0.15, -0.1) is 0 Å². The molecule has 0 fully saturated rings. The molecule has 0 amide bonds. The molecule has 1 aromatic heterocycles. The van der Waals surface area contributed by atoms with Gasteiger partial charge in [-0.1, -0.05) is 0 Å². The van der Waals surface area contributed by atoms with Crippen LogP contribution in [0.25, 0.3) is 21.9 Å². The summed E-state index contributed by atoms with van der Waals surface area (Å²) in [4.78, 5) is 12.9. The molecule has 0 aliphatic heterocycles. The number of benzene rings is 2. The Balaban J connectivity index is 2.60. The van der Waals surface area contributed by atoms with Crippen molar-refractivity contribution in [2.24, 2.45) is 0 Å². The molecular weight excluding hydrogens is 304 g/mol. The first kappa shape index (κ1) is 14.8. The van der Waals surface area contributed by atoms with Crippen LogP contribution in [0.2, 0.25) is 0 Å². The van der Waals surface area contributed by atoms with Gasteiger partial charge < -0.3 is 28.8 Å². The average molecular weight is 318 g/mol. The third-order valence-electron chi connectivity index (χ3n) is 3.53. The Labute approximate surface area is 130 Å². The topological polar surface area (TPSA) is 98.4 Å². The van der Waals surface area contributed by atoms with Gasteiger partial charge in [0.05, 0.1) is 21.3 Å². The molecule has 0 atom stereocenters. The molecule has 0 spiro atoms. The molecule has 2 N–H and O–H groups in total. The van der Waals surface area contributed by atoms with Crippen molar-refractivity contribution in [1.82, 2.24) is 0 Å². The predicted octanol–water partition coefficient (Wildman–Crippen LogP) is 2.38. The fraction of sp³-hybridized carbons (Fsp3) is 0.188. The van der Waals surface area contributed by atoms with E-state index in [4.69, 9.17) is 18.6 Å². The fourth-order valence-electron chi connectivity index (χ4n) is 2.58. The maximum absolute atomic E-state index is 12.9. The molecule has 2 aromatic carbocycles. The van der Waals surface area contributed by atoms with Crippen LogP contribution in [-0.2, 0) is 0 Å². The maximum atomic E-state index is 12.9. The van der Waals surface area contributed by atoms with E-state index >= 15 is 0 Å². The number of methoxy groups -OCH3 is 3. The Hall–Kier alpha value is -3.09. The second-order valence-corrected chi connectivity index (χ2v) is 4.79. The Morgan fingerprint density at radius 3 is 2.13 bits per heavy atom. The van der Waals surface area contributed by atoms with Crippen molar-refractivity contribution < 1.29 is 28.8 Å². The summed E-state index contributed by atoms with van der Waals surface area (Å²) in [7, 11) is 4.09. The number of rotatable bonds is 3. The lowest BCUT2D eigenvalue weighted by molar-refractivity contribution is 0.335. The molecule has 0 aliphatic carbocycles. The summed E-state index contributed by atoms with van der Waals surface area (Å²) in [5.74, 6) is -0.0737. The van der Waals surface area contributed by atoms with Crippen LogP contribution in [0.15, 0.2) is 27.4 Å². The SMILES string of the molecule is COc1c(O)cc2oc3cc(O)cc(OC)c3c(=O)c2c1OC. The molecule has 3 aromatic rings. The van der Waals surface area contributed by atoms with Crippen LogP contribution in [0.3, 0.4) is 0 Å². The molecule has 7 nitrogen and oxygen atoms in total. The second kappa shape index (κ2) is 5.28. The van der Waals surface area contributed by atoms with E-state index in [0.717, 1.165) is 0 Å². The van der Waals surface area contributed by atoms with Crippen LogP contribution in [0, 0.1) is 0 Å². The third-order valence-corrected chi connectivity index (χ3v) is 3.53. The smallest absolute Gasteiger partial charge is 0.208 e. The first-order chi connectivity index (χ1) is 11.0. The van der Waals surface area contributed by atoms with Crippen molar-refractivity contribution in [2.75, 3.05) is 21.3 Å². The van der Waals surface area contributed by atoms with Crippen LogP contribution < -0.4 is 19.6 Å². The maximum Gasteiger partial charge on any atom is 0.208 e. The van der Waals surface area contributed by atoms with E-state index in [9.17, 15) is 15.0 Å². The number of hydrogen-bond acceptors (Lipinski definition) is 7. The van der Waals surface area contributed by atoms with Crippen LogP contribution >= 0.6 is 0 Å². The minimum absolute atomic E-state index is 0.0318. The van der Waals surface area contributed by atoms with Gasteiger partial charge in [0.15, 0.2) is 11.5 Å². The number of phenols is 2. The van der Waals surface area contributed by atoms with Crippen molar-refractivity contribution in [1.29, 1.82) is 0 Å². The van der Waals surface area contributed by atoms with E-state index < -0.39 is 5.43 Å². The van der Waals surface area contributed by atoms with E-state index in [1.807, 2.05) is 0 Å². The summed E-state index contributed by atoms with van der Waals surface area (Å²) < 4.78 is 21.1. The lowest BCUT2D eigenvalue weighted by Crippen LogP contribution is -2.06. The zero-order chi connectivity index (χ0) is 16.7. The summed E-state index contributed by atoms with van der Waals surface area (Å²) in [5.41, 5.74) is -0.190. The Morgan fingerprint density at radius 2 is 1.52 bits per heavy atom. The van der Waals surface area contributed by atoms with Gasteiger partial charge in [-0.25, -0.2) is 0 Å². The molecule has 0 saturated heterocycles. The predicted molar refractivity (Wildman–Crippen MR) is 83.0 cm³/mol. The number of hydrogen-bond donors (Lipinski definition) is 2. The van der Waals surface area contributed by atoms with Crippen molar-refractivity contribution >= 4 is 21.9 Å². The van der Waals surface area contributed by atoms with Gasteiger partial charge in [-0.3, -0.25) is 4.79 Å². The van der Waals surface area contributed by atoms with Gasteiger partial charge in [0.1, 0.15) is 33.4 Å². The van der Waals surface area contributed by atoms with Crippen LogP contribution in [0.1, 0.15) is 0 Å². The monoisotopic (exact) mass is 318 g/mol. The highest BCUT2D eigenvalue weighted by Crippen LogP contribution is 2.43. The molecule has 0 unspecified atom stereocenters. The Morgan fingerprint density at radius 1 is 0.870 bits per heavy atom. The first-order valence-electron chi connectivity index (χ1n) is 6.63. The van der Waals surface area contributed by atoms with E-state index in [0.29, 0.717) is 0 Å². The summed E-state index contributed by atoms with van der Waals surface area (Å²) in [5, 5.41) is 20.0. The zero-order valence-electron chi connectivity index (χ0n) is 12.7. The van der Waals surface area contributed by atoms with E-state index in [2.05, 4.69) is 0 Å². The van der Waals surface area contributed by atoms with Gasteiger partial charge >= 0.3 is 0 Å². The molecule has 3 rings (SSSR count). The largest absolute Gasteiger partial charge is 0.508 e. The summed E-state index contributed by atoms with van der Waals surface area (Å²) in [6.45, 7) is 0. The zero-order valence-corrected chi connectivity index (χ0v) is 12.7. The van der Waals surface area contributed by atoms with E-state index in [1.165, 1.54) is 39.5 Å². The Kier molecular flexibility index (Phi) is 3.40. The van der Waals surface area contributed by atoms with Gasteiger partial charge in [0, 0.05) is 18.2 Å². The van der Waals surface area contributed by atoms with Crippen LogP contribution in [-0.4, -0.2) is 31.5 Å². The van der Waals surface area contributed by atoms with Crippen LogP contribution in [0.4, 0.5) is 0 Å². The average Bonchev–Trinajstić information content (AvgIpc) is 2.52. The molecule has 0 radical (unpaired) electrons. The molecule has 120 valence electrons. The Bertz CT molecular complexity index is 972. The molecular formula is C16H14O7. The standard InChI is InChI=1S/C16H14O7/c1-20-9-4-7(17)5-10-12(9)14(19)13-11(23-10)6-8(18)15(21-2)16(13)22-3/h4-6,17-18H,1-3H3. The lowest BCUT2D eigenvalue weighted by atomic mass is 10.1. The molecule has 0 bridgehead atoms. The van der Waals surface area contributed by atoms with E-state index in [1.54, 1.807) is 0 Å². The van der Waals surface area contributed by atoms with Gasteiger partial charge in [0.25, 0.3) is 0 Å². The highest BCUT2D eigenvalue weighted by molar-refractivity contribution is 5.98. The molecule has 23 heavy (non-hydrogen) atoms. The molecule has 1 heterocycles. The van der Waals surface area contributed by atoms with Crippen molar-refractivity contribution in [3.63, 3.8) is 0 Å². The second-order valence-electron chi connectivity index (χ2n) is 4.79. The number of fused-ring (bicyclic) bond motifs is 2. The summed E-state index contributed by atoms with van der Waals surface area (Å²) in [6, 6.07) is 3.87. The molecule has 0 saturated carbocycles. The minimum atomic E-state index is -0.423. The van der Waals surface area contributed by atoms with Gasteiger partial charge in [-0.2, -0.15) is 0 Å². The summed E-state index contributed by atoms with van der Waals surface area (Å²) >= 11 is 0. The number of phenolic OH excluding ortho intramolecular Hbond substituents is 2. The van der Waals surface area contributed by atoms with Gasteiger partial charge in [0.2, 0.25) is 11.2 Å². The lowest BCUT2D eigenvalue weighted by Gasteiger charge is -2.13. The van der Waals surface area contributed by atoms with Crippen molar-refractivity contribution in [3.8, 4) is 28.7 Å². The van der Waals surface area contributed by atoms with Crippen molar-refractivity contribution in [3.05, 3.63) is 28.4 Å². The highest BCUT2D eigenvalue weighted by Gasteiger charge is 2.22. The quantitative estimate of drug-likeness (QED) is 0.715. The van der Waals surface area contributed by atoms with E-state index in [-0.39, 0.29) is 50.7 Å². The number of ether oxygens (including phenoxy) is 3. The summed E-state index contributed by atoms with van der Waals surface area (Å²) in [6.07, 6.45) is 0. The normalized spacial score (nSPS) is 10.9. The van der Waals surface area contributed by atoms with Crippen molar-refractivity contribution in [2.45, 2.75) is 0 Å². The first-order valence-corrected chi connectivity index (χ1v) is 6.63. The van der Waals surface area contributed by atoms with Crippen LogP contribution in [0.5, 0.6) is 28.7 Å². The fourth-order valence-corrected chi connectivity index (χ4v) is 2.58. The highest BCUT2D eigenvalue weighted by atomic mass is 16.5.